The molecule has 2 aromatic rings. The Morgan fingerprint density at radius 3 is 2.61 bits per heavy atom. The van der Waals surface area contributed by atoms with E-state index in [0.717, 1.165) is 21.5 Å². The summed E-state index contributed by atoms with van der Waals surface area (Å²) in [6, 6.07) is 7.05. The molecule has 1 aromatic heterocycles. The number of aryl methyl sites for hydroxylation is 1. The third-order valence-corrected chi connectivity index (χ3v) is 4.42. The topological polar surface area (TPSA) is 77.4 Å². The number of hydrogen-bond acceptors (Lipinski definition) is 5. The van der Waals surface area contributed by atoms with Crippen LogP contribution in [0.15, 0.2) is 38.9 Å². The van der Waals surface area contributed by atoms with E-state index < -0.39 is 11.9 Å². The number of carbonyl (C=O) groups excluding carboxylic acids is 2. The Labute approximate surface area is 145 Å². The predicted octanol–water partition coefficient (Wildman–Crippen LogP) is 2.55. The number of aromatic nitrogens is 1. The quantitative estimate of drug-likeness (QED) is 0.758. The first-order chi connectivity index (χ1) is 11.0. The molecule has 2 rings (SSSR count). The van der Waals surface area contributed by atoms with Crippen molar-refractivity contribution in [3.05, 3.63) is 49.5 Å². The van der Waals surface area contributed by atoms with Gasteiger partial charge in [0.15, 0.2) is 6.61 Å². The van der Waals surface area contributed by atoms with Gasteiger partial charge in [0.05, 0.1) is 6.42 Å². The molecule has 23 heavy (non-hydrogen) atoms. The first kappa shape index (κ1) is 17.4. The van der Waals surface area contributed by atoms with Crippen molar-refractivity contribution in [1.29, 1.82) is 0 Å². The van der Waals surface area contributed by atoms with Crippen LogP contribution in [0.2, 0.25) is 0 Å². The highest BCUT2D eigenvalue weighted by Gasteiger charge is 2.10. The Hall–Kier alpha value is -1.93. The molecule has 1 amide bonds. The molecule has 8 heteroatoms. The van der Waals surface area contributed by atoms with Crippen LogP contribution in [0, 0.1) is 6.92 Å². The van der Waals surface area contributed by atoms with Gasteiger partial charge in [-0.25, -0.2) is 0 Å². The monoisotopic (exact) mass is 398 g/mol. The molecule has 0 aliphatic rings. The van der Waals surface area contributed by atoms with Crippen LogP contribution in [0.25, 0.3) is 0 Å². The number of hydrogen-bond donors (Lipinski definition) is 1. The van der Waals surface area contributed by atoms with E-state index in [0.29, 0.717) is 5.69 Å². The number of ether oxygens (including phenoxy) is 1. The van der Waals surface area contributed by atoms with Crippen molar-refractivity contribution in [2.75, 3.05) is 11.9 Å². The average molecular weight is 399 g/mol. The second kappa shape index (κ2) is 8.07. The lowest BCUT2D eigenvalue weighted by molar-refractivity contribution is -0.147. The van der Waals surface area contributed by atoms with Crippen molar-refractivity contribution in [2.24, 2.45) is 0 Å². The number of nitrogens with one attached hydrogen (secondary N) is 1. The van der Waals surface area contributed by atoms with E-state index in [1.807, 2.05) is 0 Å². The van der Waals surface area contributed by atoms with E-state index in [1.165, 1.54) is 4.57 Å². The molecular formula is C15H15BrN2O4S. The molecule has 0 fully saturated rings. The predicted molar refractivity (Wildman–Crippen MR) is 91.7 cm³/mol. The summed E-state index contributed by atoms with van der Waals surface area (Å²) in [7, 11) is 0. The standard InChI is InChI=1S/C15H15BrN2O4S/c1-10-9-23-15(21)18(10)7-6-14(20)22-8-13(19)17-12-4-2-11(16)3-5-12/h2-5,9H,6-8H2,1H3,(H,17,19). The third kappa shape index (κ3) is 5.33. The van der Waals surface area contributed by atoms with Crippen LogP contribution in [0.1, 0.15) is 12.1 Å². The molecule has 0 radical (unpaired) electrons. The van der Waals surface area contributed by atoms with Gasteiger partial charge < -0.3 is 14.6 Å². The van der Waals surface area contributed by atoms with Gasteiger partial charge in [-0.1, -0.05) is 27.3 Å². The Kier molecular flexibility index (Phi) is 6.12. The van der Waals surface area contributed by atoms with E-state index in [4.69, 9.17) is 4.74 Å². The number of benzene rings is 1. The molecule has 0 saturated carbocycles. The zero-order valence-electron chi connectivity index (χ0n) is 12.4. The lowest BCUT2D eigenvalue weighted by Gasteiger charge is -2.07. The smallest absolute Gasteiger partial charge is 0.308 e. The minimum Gasteiger partial charge on any atom is -0.456 e. The SMILES string of the molecule is Cc1csc(=O)n1CCC(=O)OCC(=O)Nc1ccc(Br)cc1. The first-order valence-electron chi connectivity index (χ1n) is 6.81. The van der Waals surface area contributed by atoms with Gasteiger partial charge in [0.2, 0.25) is 0 Å². The van der Waals surface area contributed by atoms with Crippen molar-refractivity contribution in [2.45, 2.75) is 19.9 Å². The fourth-order valence-corrected chi connectivity index (χ4v) is 2.85. The second-order valence-electron chi connectivity index (χ2n) is 4.76. The highest BCUT2D eigenvalue weighted by atomic mass is 79.9. The number of carbonyl (C=O) groups is 2. The van der Waals surface area contributed by atoms with E-state index >= 15 is 0 Å². The molecule has 6 nitrogen and oxygen atoms in total. The summed E-state index contributed by atoms with van der Waals surface area (Å²) in [5, 5.41) is 4.36. The van der Waals surface area contributed by atoms with E-state index in [1.54, 1.807) is 36.6 Å². The molecule has 1 aromatic carbocycles. The highest BCUT2D eigenvalue weighted by molar-refractivity contribution is 9.10. The normalized spacial score (nSPS) is 10.3. The molecule has 0 spiro atoms. The summed E-state index contributed by atoms with van der Waals surface area (Å²) in [6.45, 7) is 1.70. The summed E-state index contributed by atoms with van der Waals surface area (Å²) >= 11 is 4.39. The van der Waals surface area contributed by atoms with Crippen LogP contribution in [0.4, 0.5) is 5.69 Å². The van der Waals surface area contributed by atoms with Crippen LogP contribution in [-0.4, -0.2) is 23.1 Å². The molecule has 0 saturated heterocycles. The van der Waals surface area contributed by atoms with Crippen molar-refractivity contribution in [3.63, 3.8) is 0 Å². The molecule has 0 bridgehead atoms. The Morgan fingerprint density at radius 2 is 2.00 bits per heavy atom. The van der Waals surface area contributed by atoms with Gasteiger partial charge in [-0.05, 0) is 31.2 Å². The zero-order valence-corrected chi connectivity index (χ0v) is 14.8. The number of rotatable bonds is 6. The van der Waals surface area contributed by atoms with Crippen LogP contribution < -0.4 is 10.2 Å². The fourth-order valence-electron chi connectivity index (χ4n) is 1.83. The van der Waals surface area contributed by atoms with Crippen molar-refractivity contribution >= 4 is 44.8 Å². The molecular weight excluding hydrogens is 384 g/mol. The largest absolute Gasteiger partial charge is 0.456 e. The first-order valence-corrected chi connectivity index (χ1v) is 8.49. The maximum absolute atomic E-state index is 11.7. The minimum absolute atomic E-state index is 0.0447. The second-order valence-corrected chi connectivity index (χ2v) is 6.50. The summed E-state index contributed by atoms with van der Waals surface area (Å²) in [6.07, 6.45) is 0.0447. The minimum atomic E-state index is -0.520. The zero-order chi connectivity index (χ0) is 16.8. The van der Waals surface area contributed by atoms with Gasteiger partial charge >= 0.3 is 10.8 Å². The Morgan fingerprint density at radius 1 is 1.30 bits per heavy atom. The van der Waals surface area contributed by atoms with Crippen molar-refractivity contribution in [1.82, 2.24) is 4.57 Å². The van der Waals surface area contributed by atoms with Crippen molar-refractivity contribution in [3.8, 4) is 0 Å². The Balaban J connectivity index is 1.74. The molecule has 122 valence electrons. The van der Waals surface area contributed by atoms with Gasteiger partial charge in [-0.3, -0.25) is 14.4 Å². The van der Waals surface area contributed by atoms with Crippen LogP contribution in [0.3, 0.4) is 0 Å². The lowest BCUT2D eigenvalue weighted by Crippen LogP contribution is -2.22. The lowest BCUT2D eigenvalue weighted by atomic mass is 10.3. The average Bonchev–Trinajstić information content (AvgIpc) is 2.84. The molecule has 0 unspecified atom stereocenters. The van der Waals surface area contributed by atoms with Crippen LogP contribution in [0.5, 0.6) is 0 Å². The molecule has 1 heterocycles. The molecule has 0 atom stereocenters. The number of anilines is 1. The molecule has 0 aliphatic heterocycles. The summed E-state index contributed by atoms with van der Waals surface area (Å²) in [5.74, 6) is -0.932. The summed E-state index contributed by atoms with van der Waals surface area (Å²) < 4.78 is 7.32. The number of halogens is 1. The molecule has 1 N–H and O–H groups in total. The van der Waals surface area contributed by atoms with Gasteiger partial charge in [0.25, 0.3) is 5.91 Å². The van der Waals surface area contributed by atoms with Gasteiger partial charge in [-0.2, -0.15) is 0 Å². The highest BCUT2D eigenvalue weighted by Crippen LogP contribution is 2.13. The van der Waals surface area contributed by atoms with Crippen LogP contribution >= 0.6 is 27.3 Å². The molecule has 0 aliphatic carbocycles. The van der Waals surface area contributed by atoms with Gasteiger partial charge in [0, 0.05) is 27.8 Å². The third-order valence-electron chi connectivity index (χ3n) is 3.01. The summed E-state index contributed by atoms with van der Waals surface area (Å²) in [4.78, 5) is 34.7. The maximum Gasteiger partial charge on any atom is 0.308 e. The van der Waals surface area contributed by atoms with Gasteiger partial charge in [-0.15, -0.1) is 0 Å². The van der Waals surface area contributed by atoms with E-state index in [9.17, 15) is 14.4 Å². The van der Waals surface area contributed by atoms with E-state index in [2.05, 4.69) is 21.2 Å². The Bertz CT molecular complexity index is 752. The van der Waals surface area contributed by atoms with Gasteiger partial charge in [0.1, 0.15) is 0 Å². The number of thiazole rings is 1. The number of esters is 1. The number of nitrogens with zero attached hydrogens (tertiary/aromatic N) is 1. The van der Waals surface area contributed by atoms with Crippen LogP contribution in [-0.2, 0) is 20.9 Å². The van der Waals surface area contributed by atoms with Crippen molar-refractivity contribution < 1.29 is 14.3 Å². The fraction of sp³-hybridized carbons (Fsp3) is 0.267. The number of amides is 1. The maximum atomic E-state index is 11.7. The van der Waals surface area contributed by atoms with E-state index in [-0.39, 0.29) is 24.4 Å². The summed E-state index contributed by atoms with van der Waals surface area (Å²) in [5.41, 5.74) is 1.43.